The maximum Gasteiger partial charge on any atom is 0.134 e. The fourth-order valence-corrected chi connectivity index (χ4v) is 0.797. The van der Waals surface area contributed by atoms with Gasteiger partial charge < -0.3 is 10.5 Å². The van der Waals surface area contributed by atoms with Gasteiger partial charge in [0.2, 0.25) is 0 Å². The molecule has 0 aromatic rings. The molecule has 0 atom stereocenters. The lowest BCUT2D eigenvalue weighted by Crippen LogP contribution is -2.11. The molecule has 0 unspecified atom stereocenters. The summed E-state index contributed by atoms with van der Waals surface area (Å²) in [4.78, 5) is 0. The Morgan fingerprint density at radius 2 is 2.00 bits per heavy atom. The molecule has 14 heavy (non-hydrogen) atoms. The minimum atomic E-state index is 0. The van der Waals surface area contributed by atoms with Crippen LogP contribution < -0.4 is 5.73 Å². The summed E-state index contributed by atoms with van der Waals surface area (Å²) in [5, 5.41) is 7.69. The van der Waals surface area contributed by atoms with Gasteiger partial charge in [0.15, 0.2) is 0 Å². The van der Waals surface area contributed by atoms with Gasteiger partial charge in [-0.15, -0.1) is 0 Å². The van der Waals surface area contributed by atoms with Crippen LogP contribution in [0.15, 0.2) is 48.4 Å². The number of hydrogen-bond donors (Lipinski definition) is 2. The van der Waals surface area contributed by atoms with Crippen molar-refractivity contribution in [2.24, 2.45) is 5.73 Å². The number of nitrogens with one attached hydrogen (secondary N) is 1. The van der Waals surface area contributed by atoms with Gasteiger partial charge in [0.1, 0.15) is 5.76 Å². The van der Waals surface area contributed by atoms with Gasteiger partial charge in [-0.05, 0) is 12.5 Å². The monoisotopic (exact) mass is 194 g/mol. The van der Waals surface area contributed by atoms with Crippen molar-refractivity contribution in [3.05, 3.63) is 48.4 Å². The number of nitrogens with two attached hydrogens (primary N) is 1. The van der Waals surface area contributed by atoms with E-state index in [1.165, 1.54) is 13.2 Å². The lowest BCUT2D eigenvalue weighted by atomic mass is 10.0. The standard InChI is InChI=1S/C11H16N2O.H2/c1-6-7(2)10(12)8(3)11(13)9(4)14-5;/h6,12H,1-2,4,13H2,3,5H3;1H/b11-8-,12-10?;. The van der Waals surface area contributed by atoms with Crippen LogP contribution in [0, 0.1) is 5.41 Å². The van der Waals surface area contributed by atoms with E-state index in [1.807, 2.05) is 0 Å². The molecule has 3 N–H and O–H groups in total. The van der Waals surface area contributed by atoms with Crippen molar-refractivity contribution in [2.45, 2.75) is 6.92 Å². The molecule has 0 aliphatic heterocycles. The Morgan fingerprint density at radius 3 is 2.36 bits per heavy atom. The topological polar surface area (TPSA) is 59.1 Å². The predicted molar refractivity (Wildman–Crippen MR) is 62.2 cm³/mol. The molecule has 0 rings (SSSR count). The molecule has 0 fully saturated rings. The van der Waals surface area contributed by atoms with Crippen molar-refractivity contribution in [3.8, 4) is 0 Å². The van der Waals surface area contributed by atoms with Crippen LogP contribution in [0.1, 0.15) is 8.35 Å². The summed E-state index contributed by atoms with van der Waals surface area (Å²) in [6.45, 7) is 12.5. The molecule has 0 radical (unpaired) electrons. The second-order valence-electron chi connectivity index (χ2n) is 2.77. The third-order valence-corrected chi connectivity index (χ3v) is 1.89. The van der Waals surface area contributed by atoms with Crippen molar-refractivity contribution in [1.82, 2.24) is 0 Å². The molecular formula is C11H18N2O. The van der Waals surface area contributed by atoms with E-state index in [0.717, 1.165) is 0 Å². The average molecular weight is 194 g/mol. The molecular weight excluding hydrogens is 176 g/mol. The Morgan fingerprint density at radius 1 is 1.50 bits per heavy atom. The number of ether oxygens (including phenoxy) is 1. The molecule has 3 heteroatoms. The average Bonchev–Trinajstić information content (AvgIpc) is 2.23. The van der Waals surface area contributed by atoms with Crippen LogP contribution in [0.25, 0.3) is 0 Å². The Hall–Kier alpha value is -1.77. The maximum atomic E-state index is 7.69. The summed E-state index contributed by atoms with van der Waals surface area (Å²) in [7, 11) is 1.48. The Balaban J connectivity index is 0. The smallest absolute Gasteiger partial charge is 0.134 e. The van der Waals surface area contributed by atoms with Gasteiger partial charge in [0.25, 0.3) is 0 Å². The third-order valence-electron chi connectivity index (χ3n) is 1.89. The largest absolute Gasteiger partial charge is 0.495 e. The minimum absolute atomic E-state index is 0. The van der Waals surface area contributed by atoms with E-state index >= 15 is 0 Å². The van der Waals surface area contributed by atoms with Crippen LogP contribution in [-0.2, 0) is 4.74 Å². The molecule has 0 heterocycles. The van der Waals surface area contributed by atoms with Crippen molar-refractivity contribution >= 4 is 5.71 Å². The molecule has 0 aliphatic carbocycles. The highest BCUT2D eigenvalue weighted by Gasteiger charge is 2.08. The Bertz CT molecular complexity index is 329. The molecule has 0 aliphatic rings. The zero-order chi connectivity index (χ0) is 11.3. The van der Waals surface area contributed by atoms with Crippen LogP contribution in [0.2, 0.25) is 0 Å². The van der Waals surface area contributed by atoms with Crippen molar-refractivity contribution in [2.75, 3.05) is 7.11 Å². The molecule has 78 valence electrons. The molecule has 0 amide bonds. The summed E-state index contributed by atoms with van der Waals surface area (Å²) in [5.41, 5.74) is 7.42. The van der Waals surface area contributed by atoms with Crippen LogP contribution in [-0.4, -0.2) is 12.8 Å². The third kappa shape index (κ3) is 2.62. The van der Waals surface area contributed by atoms with Gasteiger partial charge in [-0.2, -0.15) is 0 Å². The Labute approximate surface area is 86.3 Å². The lowest BCUT2D eigenvalue weighted by molar-refractivity contribution is 0.301. The van der Waals surface area contributed by atoms with Crippen LogP contribution in [0.5, 0.6) is 0 Å². The molecule has 0 saturated carbocycles. The highest BCUT2D eigenvalue weighted by atomic mass is 16.5. The molecule has 0 spiro atoms. The molecule has 0 bridgehead atoms. The fourth-order valence-electron chi connectivity index (χ4n) is 0.797. The van der Waals surface area contributed by atoms with Crippen molar-refractivity contribution in [3.63, 3.8) is 0 Å². The number of rotatable bonds is 5. The zero-order valence-corrected chi connectivity index (χ0v) is 8.68. The first-order valence-electron chi connectivity index (χ1n) is 4.06. The summed E-state index contributed by atoms with van der Waals surface area (Å²) < 4.78 is 4.87. The first kappa shape index (κ1) is 12.2. The van der Waals surface area contributed by atoms with Crippen molar-refractivity contribution in [1.29, 1.82) is 5.41 Å². The van der Waals surface area contributed by atoms with Gasteiger partial charge in [-0.25, -0.2) is 0 Å². The first-order valence-corrected chi connectivity index (χ1v) is 4.06. The van der Waals surface area contributed by atoms with E-state index in [1.54, 1.807) is 6.92 Å². The number of hydrogen-bond acceptors (Lipinski definition) is 3. The SMILES string of the molecule is C=CC(=C)C(=N)/C(C)=C(\N)C(=C)OC.[HH]. The van der Waals surface area contributed by atoms with E-state index in [9.17, 15) is 0 Å². The van der Waals surface area contributed by atoms with Gasteiger partial charge in [0.05, 0.1) is 18.5 Å². The number of allylic oxidation sites excluding steroid dienone is 3. The molecule has 0 aromatic heterocycles. The van der Waals surface area contributed by atoms with Crippen LogP contribution in [0.3, 0.4) is 0 Å². The molecule has 0 aromatic carbocycles. The molecule has 3 nitrogen and oxygen atoms in total. The Kier molecular flexibility index (Phi) is 4.43. The predicted octanol–water partition coefficient (Wildman–Crippen LogP) is 2.39. The van der Waals surface area contributed by atoms with Gasteiger partial charge >= 0.3 is 0 Å². The van der Waals surface area contributed by atoms with Gasteiger partial charge in [-0.3, -0.25) is 5.41 Å². The first-order chi connectivity index (χ1) is 6.45. The second kappa shape index (κ2) is 5.07. The summed E-state index contributed by atoms with van der Waals surface area (Å²) in [6.07, 6.45) is 1.51. The quantitative estimate of drug-likeness (QED) is 0.401. The summed E-state index contributed by atoms with van der Waals surface area (Å²) in [5.74, 6) is 0.351. The van der Waals surface area contributed by atoms with E-state index in [4.69, 9.17) is 15.9 Å². The van der Waals surface area contributed by atoms with Gasteiger partial charge in [-0.1, -0.05) is 25.8 Å². The zero-order valence-electron chi connectivity index (χ0n) is 8.68. The highest BCUT2D eigenvalue weighted by Crippen LogP contribution is 2.12. The molecule has 0 saturated heterocycles. The van der Waals surface area contributed by atoms with E-state index in [0.29, 0.717) is 22.6 Å². The van der Waals surface area contributed by atoms with E-state index in [-0.39, 0.29) is 7.14 Å². The van der Waals surface area contributed by atoms with Crippen molar-refractivity contribution < 1.29 is 6.16 Å². The van der Waals surface area contributed by atoms with Gasteiger partial charge in [0, 0.05) is 7.00 Å². The van der Waals surface area contributed by atoms with Crippen LogP contribution in [0.4, 0.5) is 0 Å². The summed E-state index contributed by atoms with van der Waals surface area (Å²) >= 11 is 0. The fraction of sp³-hybridized carbons (Fsp3) is 0.182. The normalized spacial score (nSPS) is 11.3. The van der Waals surface area contributed by atoms with Crippen LogP contribution >= 0.6 is 0 Å². The maximum absolute atomic E-state index is 7.69. The second-order valence-corrected chi connectivity index (χ2v) is 2.77. The summed E-state index contributed by atoms with van der Waals surface area (Å²) in [6, 6.07) is 0. The lowest BCUT2D eigenvalue weighted by Gasteiger charge is -2.10. The highest BCUT2D eigenvalue weighted by molar-refractivity contribution is 6.11. The van der Waals surface area contributed by atoms with E-state index < -0.39 is 0 Å². The minimum Gasteiger partial charge on any atom is -0.495 e. The van der Waals surface area contributed by atoms with E-state index in [2.05, 4.69) is 19.7 Å². The number of methoxy groups -OCH3 is 1.